The fourth-order valence-corrected chi connectivity index (χ4v) is 4.70. The lowest BCUT2D eigenvalue weighted by Crippen LogP contribution is -2.68. The van der Waals surface area contributed by atoms with Crippen molar-refractivity contribution in [3.05, 3.63) is 35.9 Å². The van der Waals surface area contributed by atoms with Gasteiger partial charge >= 0.3 is 18.0 Å². The van der Waals surface area contributed by atoms with Crippen LogP contribution in [0.4, 0.5) is 4.79 Å². The fraction of sp³-hybridized carbons (Fsp3) is 0.593. The summed E-state index contributed by atoms with van der Waals surface area (Å²) in [6.45, 7) is 9.76. The number of aliphatic hydroxyl groups excluding tert-OH is 1. The molecule has 2 heterocycles. The van der Waals surface area contributed by atoms with E-state index in [0.29, 0.717) is 11.8 Å². The summed E-state index contributed by atoms with van der Waals surface area (Å²) < 4.78 is 16.2. The molecule has 11 heteroatoms. The number of esters is 2. The summed E-state index contributed by atoms with van der Waals surface area (Å²) in [4.78, 5) is 66.6. The Labute approximate surface area is 222 Å². The molecule has 11 nitrogen and oxygen atoms in total. The van der Waals surface area contributed by atoms with E-state index in [9.17, 15) is 29.1 Å². The minimum absolute atomic E-state index is 0.0814. The van der Waals surface area contributed by atoms with Crippen LogP contribution in [0.5, 0.6) is 0 Å². The average molecular weight is 533 g/mol. The van der Waals surface area contributed by atoms with Crippen molar-refractivity contribution in [2.24, 2.45) is 5.92 Å². The molecule has 1 aromatic carbocycles. The highest BCUT2D eigenvalue weighted by Crippen LogP contribution is 2.39. The Kier molecular flexibility index (Phi) is 8.50. The van der Waals surface area contributed by atoms with Crippen molar-refractivity contribution in [2.75, 3.05) is 0 Å². The second-order valence-electron chi connectivity index (χ2n) is 11.5. The monoisotopic (exact) mass is 532 g/mol. The van der Waals surface area contributed by atoms with Crippen LogP contribution < -0.4 is 0 Å². The number of hydrogen-bond acceptors (Lipinski definition) is 9. The van der Waals surface area contributed by atoms with Crippen molar-refractivity contribution < 1.29 is 43.3 Å². The largest absolute Gasteiger partial charge is 0.460 e. The van der Waals surface area contributed by atoms with E-state index in [1.165, 1.54) is 0 Å². The number of fused-ring (bicyclic) bond motifs is 1. The highest BCUT2D eigenvalue weighted by Gasteiger charge is 2.59. The van der Waals surface area contributed by atoms with Gasteiger partial charge in [-0.15, -0.1) is 0 Å². The first-order valence-electron chi connectivity index (χ1n) is 12.5. The molecular weight excluding hydrogens is 496 g/mol. The SMILES string of the molecule is CC(C)(C)OC(=O)C[C@H]1C(=O)N2[C@H](C(=O)OC(C)(C)C)[C@@H](C=O)C[C@H]2[C@@H](O)N1C(=O)OCc1ccccc1. The predicted molar refractivity (Wildman–Crippen MR) is 133 cm³/mol. The maximum atomic E-state index is 13.8. The minimum atomic E-state index is -1.65. The zero-order valence-electron chi connectivity index (χ0n) is 22.6. The molecule has 208 valence electrons. The summed E-state index contributed by atoms with van der Waals surface area (Å²) in [5.41, 5.74) is -1.09. The van der Waals surface area contributed by atoms with Crippen LogP contribution in [0, 0.1) is 5.92 Å². The summed E-state index contributed by atoms with van der Waals surface area (Å²) in [6.07, 6.45) is -2.82. The molecule has 0 spiro atoms. The first-order chi connectivity index (χ1) is 17.6. The number of aldehydes is 1. The lowest BCUT2D eigenvalue weighted by molar-refractivity contribution is -0.180. The molecular formula is C27H36N2O9. The van der Waals surface area contributed by atoms with E-state index in [0.717, 1.165) is 9.80 Å². The van der Waals surface area contributed by atoms with Gasteiger partial charge in [0.2, 0.25) is 5.91 Å². The van der Waals surface area contributed by atoms with Crippen LogP contribution in [-0.2, 0) is 40.0 Å². The molecule has 0 bridgehead atoms. The van der Waals surface area contributed by atoms with E-state index in [4.69, 9.17) is 14.2 Å². The number of amides is 2. The molecule has 0 radical (unpaired) electrons. The first-order valence-corrected chi connectivity index (χ1v) is 12.5. The Morgan fingerprint density at radius 3 is 2.18 bits per heavy atom. The van der Waals surface area contributed by atoms with Crippen LogP contribution in [0.15, 0.2) is 30.3 Å². The Morgan fingerprint density at radius 1 is 1.03 bits per heavy atom. The van der Waals surface area contributed by atoms with Crippen molar-refractivity contribution in [1.29, 1.82) is 0 Å². The van der Waals surface area contributed by atoms with E-state index in [1.54, 1.807) is 71.9 Å². The van der Waals surface area contributed by atoms with Gasteiger partial charge < -0.3 is 29.0 Å². The lowest BCUT2D eigenvalue weighted by Gasteiger charge is -2.46. The van der Waals surface area contributed by atoms with Gasteiger partial charge in [0.15, 0.2) is 6.23 Å². The number of carbonyl (C=O) groups excluding carboxylic acids is 5. The molecule has 0 saturated carbocycles. The van der Waals surface area contributed by atoms with Crippen molar-refractivity contribution in [3.63, 3.8) is 0 Å². The molecule has 2 amide bonds. The Hall–Kier alpha value is -3.47. The molecule has 2 aliphatic rings. The molecule has 0 unspecified atom stereocenters. The van der Waals surface area contributed by atoms with Gasteiger partial charge in [-0.25, -0.2) is 9.59 Å². The van der Waals surface area contributed by atoms with Crippen molar-refractivity contribution in [2.45, 2.75) is 96.5 Å². The van der Waals surface area contributed by atoms with Gasteiger partial charge in [0.25, 0.3) is 0 Å². The highest BCUT2D eigenvalue weighted by atomic mass is 16.6. The second-order valence-corrected chi connectivity index (χ2v) is 11.5. The molecule has 0 aromatic heterocycles. The molecule has 38 heavy (non-hydrogen) atoms. The maximum Gasteiger partial charge on any atom is 0.412 e. The molecule has 2 fully saturated rings. The van der Waals surface area contributed by atoms with Crippen molar-refractivity contribution >= 4 is 30.2 Å². The maximum absolute atomic E-state index is 13.8. The summed E-state index contributed by atoms with van der Waals surface area (Å²) in [5, 5.41) is 11.3. The topological polar surface area (TPSA) is 140 Å². The second kappa shape index (κ2) is 11.1. The van der Waals surface area contributed by atoms with Crippen molar-refractivity contribution in [3.8, 4) is 0 Å². The van der Waals surface area contributed by atoms with Crippen LogP contribution in [0.25, 0.3) is 0 Å². The standard InChI is InChI=1S/C27H36N2O9/c1-26(2,3)37-20(31)13-19-22(32)28-18(12-17(14-30)21(28)24(34)38-27(4,5)6)23(33)29(19)25(35)36-15-16-10-8-7-9-11-16/h7-11,14,17-19,21,23,33H,12-13,15H2,1-6H3/t17-,18+,19+,21+,23-/m1/s1. The molecule has 3 rings (SSSR count). The quantitative estimate of drug-likeness (QED) is 0.332. The molecule has 5 atom stereocenters. The van der Waals surface area contributed by atoms with Crippen LogP contribution >= 0.6 is 0 Å². The van der Waals surface area contributed by atoms with Gasteiger partial charge in [-0.3, -0.25) is 14.5 Å². The van der Waals surface area contributed by atoms with Crippen LogP contribution in [0.2, 0.25) is 0 Å². The van der Waals surface area contributed by atoms with Gasteiger partial charge in [-0.05, 0) is 53.5 Å². The number of aliphatic hydroxyl groups is 1. The Bertz CT molecular complexity index is 1060. The van der Waals surface area contributed by atoms with Gasteiger partial charge in [0, 0.05) is 5.92 Å². The molecule has 0 aliphatic carbocycles. The number of rotatable bonds is 6. The number of carbonyl (C=O) groups is 5. The Balaban J connectivity index is 1.95. The molecule has 2 saturated heterocycles. The average Bonchev–Trinajstić information content (AvgIpc) is 3.20. The molecule has 1 N–H and O–H groups in total. The highest BCUT2D eigenvalue weighted by molar-refractivity contribution is 5.95. The zero-order valence-corrected chi connectivity index (χ0v) is 22.6. The number of hydrogen-bond donors (Lipinski definition) is 1. The summed E-state index contributed by atoms with van der Waals surface area (Å²) in [6, 6.07) is 4.87. The zero-order chi connectivity index (χ0) is 28.4. The van der Waals surface area contributed by atoms with Crippen LogP contribution in [0.3, 0.4) is 0 Å². The van der Waals surface area contributed by atoms with E-state index in [1.807, 2.05) is 0 Å². The normalized spacial score (nSPS) is 25.4. The molecule has 1 aromatic rings. The third-order valence-corrected chi connectivity index (χ3v) is 6.10. The summed E-state index contributed by atoms with van der Waals surface area (Å²) in [7, 11) is 0. The third-order valence-electron chi connectivity index (χ3n) is 6.10. The smallest absolute Gasteiger partial charge is 0.412 e. The third kappa shape index (κ3) is 6.69. The van der Waals surface area contributed by atoms with Crippen LogP contribution in [-0.4, -0.2) is 80.7 Å². The lowest BCUT2D eigenvalue weighted by atomic mass is 9.99. The number of ether oxygens (including phenoxy) is 3. The minimum Gasteiger partial charge on any atom is -0.460 e. The van der Waals surface area contributed by atoms with E-state index >= 15 is 0 Å². The van der Waals surface area contributed by atoms with E-state index in [2.05, 4.69) is 0 Å². The van der Waals surface area contributed by atoms with Gasteiger partial charge in [0.1, 0.15) is 36.2 Å². The predicted octanol–water partition coefficient (Wildman–Crippen LogP) is 2.18. The number of nitrogens with zero attached hydrogens (tertiary/aromatic N) is 2. The Morgan fingerprint density at radius 2 is 1.63 bits per heavy atom. The fourth-order valence-electron chi connectivity index (χ4n) is 4.70. The van der Waals surface area contributed by atoms with Crippen LogP contribution in [0.1, 0.15) is 59.9 Å². The summed E-state index contributed by atoms with van der Waals surface area (Å²) >= 11 is 0. The van der Waals surface area contributed by atoms with Gasteiger partial charge in [-0.1, -0.05) is 30.3 Å². The number of piperazine rings is 1. The van der Waals surface area contributed by atoms with Gasteiger partial charge in [0.05, 0.1) is 12.5 Å². The van der Waals surface area contributed by atoms with Gasteiger partial charge in [-0.2, -0.15) is 0 Å². The van der Waals surface area contributed by atoms with E-state index in [-0.39, 0.29) is 13.0 Å². The number of benzene rings is 1. The molecule has 2 aliphatic heterocycles. The first kappa shape index (κ1) is 29.1. The van der Waals surface area contributed by atoms with Crippen molar-refractivity contribution in [1.82, 2.24) is 9.80 Å². The summed E-state index contributed by atoms with van der Waals surface area (Å²) in [5.74, 6) is -3.37. The van der Waals surface area contributed by atoms with E-state index < -0.39 is 71.8 Å².